The first kappa shape index (κ1) is 19.7. The molecule has 0 saturated heterocycles. The van der Waals surface area contributed by atoms with Crippen molar-refractivity contribution >= 4 is 118 Å². The zero-order valence-electron chi connectivity index (χ0n) is 89.3. The van der Waals surface area contributed by atoms with Gasteiger partial charge in [-0.25, -0.2) is 4.98 Å². The van der Waals surface area contributed by atoms with E-state index in [1.165, 1.54) is 0 Å². The largest absolute Gasteiger partial charge is 0.333 e. The summed E-state index contributed by atoms with van der Waals surface area (Å²) in [5, 5.41) is -13.4. The highest BCUT2D eigenvalue weighted by atomic mass is 28.3. The van der Waals surface area contributed by atoms with Gasteiger partial charge in [0.25, 0.3) is 0 Å². The van der Waals surface area contributed by atoms with Crippen LogP contribution in [0.2, 0.25) is 5.54 Å². The Hall–Kier alpha value is -10.3. The molecule has 18 rings (SSSR count). The van der Waals surface area contributed by atoms with E-state index in [1.807, 2.05) is 0 Å². The molecule has 8 heteroatoms. The fraction of sp³-hybridized carbons (Fsp3) is 0.0267. The molecular formula is C75H50N6Si2. The maximum absolute atomic E-state index is 11.5. The van der Waals surface area contributed by atoms with Crippen LogP contribution in [0.15, 0.2) is 290 Å². The van der Waals surface area contributed by atoms with Crippen LogP contribution in [0.1, 0.15) is 71.8 Å². The first-order chi connectivity index (χ1) is 61.1. The van der Waals surface area contributed by atoms with Crippen LogP contribution in [-0.2, 0) is 0 Å². The lowest BCUT2D eigenvalue weighted by atomic mass is 10.1. The lowest BCUT2D eigenvalue weighted by Crippen LogP contribution is -2.76. The smallest absolute Gasteiger partial charge is 0.238 e. The predicted molar refractivity (Wildman–Crippen MR) is 348 cm³/mol. The highest BCUT2D eigenvalue weighted by Crippen LogP contribution is 2.48. The average molecular weight is 1140 g/mol. The van der Waals surface area contributed by atoms with E-state index in [-0.39, 0.29) is 0 Å². The van der Waals surface area contributed by atoms with E-state index in [9.17, 15) is 57.6 Å². The monoisotopic (exact) mass is 1140 g/mol. The Morgan fingerprint density at radius 1 is 0.349 bits per heavy atom. The summed E-state index contributed by atoms with van der Waals surface area (Å²) < 4.78 is 471. The summed E-state index contributed by atoms with van der Waals surface area (Å²) in [6, 6.07) is -62.1. The van der Waals surface area contributed by atoms with Crippen LogP contribution in [0.25, 0.3) is 99.8 Å². The van der Waals surface area contributed by atoms with Gasteiger partial charge in [0.1, 0.15) is 0 Å². The van der Waals surface area contributed by atoms with Crippen molar-refractivity contribution in [3.8, 4) is 34.4 Å². The third-order valence-corrected chi connectivity index (χ3v) is 24.0. The Morgan fingerprint density at radius 3 is 1.36 bits per heavy atom. The van der Waals surface area contributed by atoms with Gasteiger partial charge in [-0.3, -0.25) is 4.57 Å². The van der Waals surface area contributed by atoms with Crippen molar-refractivity contribution in [3.05, 3.63) is 290 Å². The standard InChI is InChI=1S/C75H50N6Si2/c1-5-25-51(26-6-1)82(52-27-7-2-8-28-52)67-43-23-21-41-65(67)79-61-37-17-15-35-57(61)59-45-49(47-69(82)71(59)79)73-76-74(78-75(77-73)81-63-39-19-13-33-55(63)56-34-14-20-40-64(56)81)50-46-60-58-36-16-18-38-62(58)80-66-42-22-24-44-68(66)83(70(48-50)72(60)80,53-29-9-3-10-30-53)54-31-11-4-12-32-54/h1-48,65,67H/i1D,2D,3D,4D,5D,6D,7D,8D,9D,10D,11D,12D,13D,14D,15D,16D,17D,18D,19D,20D,21D,22D,23D,24D,25D,26D,27D,28D,29D,30D,31D,32D,33D,34D,35D,36D,37D,38D,39D,40D,41D,42D,43D,44D,45D,46D,47D,48D. The lowest BCUT2D eigenvalue weighted by molar-refractivity contribution is 0.631. The molecule has 0 saturated carbocycles. The van der Waals surface area contributed by atoms with Gasteiger partial charge in [0.15, 0.2) is 27.8 Å². The molecule has 0 amide bonds. The fourth-order valence-electron chi connectivity index (χ4n) is 12.1. The van der Waals surface area contributed by atoms with Gasteiger partial charge in [-0.15, -0.1) is 0 Å². The Morgan fingerprint density at radius 2 is 0.783 bits per heavy atom. The summed E-state index contributed by atoms with van der Waals surface area (Å²) in [5.41, 5.74) is -11.6. The third-order valence-electron chi connectivity index (χ3n) is 15.2. The molecule has 2 unspecified atom stereocenters. The van der Waals surface area contributed by atoms with Gasteiger partial charge in [0.05, 0.1) is 93.9 Å². The van der Waals surface area contributed by atoms with Crippen molar-refractivity contribution in [2.45, 2.75) is 11.6 Å². The van der Waals surface area contributed by atoms with Gasteiger partial charge in [0, 0.05) is 65.7 Å². The predicted octanol–water partition coefficient (Wildman–Crippen LogP) is 12.7. The van der Waals surface area contributed by atoms with Gasteiger partial charge in [-0.2, -0.15) is 9.97 Å². The van der Waals surface area contributed by atoms with Crippen molar-refractivity contribution < 1.29 is 65.8 Å². The highest BCUT2D eigenvalue weighted by Gasteiger charge is 2.54. The molecule has 1 aliphatic carbocycles. The second-order valence-electron chi connectivity index (χ2n) is 18.9. The van der Waals surface area contributed by atoms with Gasteiger partial charge in [-0.1, -0.05) is 236 Å². The molecule has 0 bridgehead atoms. The van der Waals surface area contributed by atoms with Gasteiger partial charge in [-0.05, 0) is 90.7 Å². The molecule has 2 atom stereocenters. The normalized spacial score (nSPS) is 24.9. The SMILES string of the molecule is [2H]C1=C([2H])C2C(C([2H])=C1[2H])[Si](c1c([2H])c([2H])c([2H])c([2H])c1[2H])(c1c([2H])c([2H])c([2H])c([2H])c1[2H])c1c([2H])c(-c3nc(-c4c([2H])c5c6c(c4[2H])c4c([2H])c([2H])c([2H])c([2H])c4n6-c4c([2H])c([2H])c([2H])c([2H])c4[Si]5(c4c([2H])c([2H])c([2H])c([2H])c4[2H])c4c([2H])c([2H])c([2H])c([2H])c4[2H])nc(-n4c5c([2H])c([2H])c([2H])c([2H])c5c5c([2H])c([2H])c([2H])c([2H])c54)n3)c([2H])c3c4c([2H])c([2H])c([2H])c([2H])c4n2c13. The van der Waals surface area contributed by atoms with E-state index in [0.29, 0.717) is 9.13 Å². The van der Waals surface area contributed by atoms with Crippen LogP contribution in [0, 0.1) is 0 Å². The lowest BCUT2D eigenvalue weighted by Gasteiger charge is -2.47. The molecule has 11 aromatic carbocycles. The maximum Gasteiger partial charge on any atom is 0.238 e. The maximum atomic E-state index is 11.5. The molecule has 6 nitrogen and oxygen atoms in total. The Kier molecular flexibility index (Phi) is 4.19. The Bertz CT molecular complexity index is 7900. The summed E-state index contributed by atoms with van der Waals surface area (Å²) >= 11 is 0. The Balaban J connectivity index is 1.19. The number of hydrogen-bond acceptors (Lipinski definition) is 3. The van der Waals surface area contributed by atoms with E-state index in [1.54, 1.807) is 0 Å². The molecule has 15 aromatic rings. The number of rotatable bonds is 7. The summed E-state index contributed by atoms with van der Waals surface area (Å²) in [7, 11) is -13.4. The van der Waals surface area contributed by atoms with Crippen LogP contribution >= 0.6 is 0 Å². The summed E-state index contributed by atoms with van der Waals surface area (Å²) in [6.45, 7) is 0. The van der Waals surface area contributed by atoms with Crippen molar-refractivity contribution in [2.24, 2.45) is 0 Å². The van der Waals surface area contributed by atoms with Crippen LogP contribution in [0.4, 0.5) is 0 Å². The van der Waals surface area contributed by atoms with Gasteiger partial charge in [0.2, 0.25) is 5.95 Å². The minimum absolute atomic E-state index is 0.523. The highest BCUT2D eigenvalue weighted by molar-refractivity contribution is 7.21. The van der Waals surface area contributed by atoms with E-state index >= 15 is 0 Å². The van der Waals surface area contributed by atoms with E-state index in [2.05, 4.69) is 0 Å². The molecule has 0 radical (unpaired) electrons. The van der Waals surface area contributed by atoms with E-state index < -0.39 is 454 Å². The molecule has 0 spiro atoms. The molecule has 6 heterocycles. The number of aromatic nitrogens is 6. The second-order valence-corrected chi connectivity index (χ2v) is 26.1. The first-order valence-corrected chi connectivity index (χ1v) is 28.9. The minimum Gasteiger partial charge on any atom is -0.333 e. The quantitative estimate of drug-likeness (QED) is 0.149. The molecule has 3 aliphatic rings. The van der Waals surface area contributed by atoms with Crippen molar-refractivity contribution in [1.82, 2.24) is 28.7 Å². The summed E-state index contributed by atoms with van der Waals surface area (Å²) in [4.78, 5) is 14.5. The number of para-hydroxylation sites is 5. The molecule has 2 aliphatic heterocycles. The van der Waals surface area contributed by atoms with Crippen LogP contribution in [0.5, 0.6) is 0 Å². The average Bonchev–Trinajstić information content (AvgIpc) is 1.57. The third kappa shape index (κ3) is 6.28. The van der Waals surface area contributed by atoms with Crippen LogP contribution < -0.4 is 36.3 Å². The molecule has 4 aromatic heterocycles. The molecule has 83 heavy (non-hydrogen) atoms. The van der Waals surface area contributed by atoms with E-state index in [0.717, 1.165) is 4.57 Å². The number of fused-ring (bicyclic) bond motifs is 13. The molecule has 0 N–H and O–H groups in total. The van der Waals surface area contributed by atoms with Gasteiger partial charge >= 0.3 is 0 Å². The number of allylic oxidation sites excluding steroid dienone is 4. The zero-order chi connectivity index (χ0) is 96.2. The molecule has 0 fully saturated rings. The summed E-state index contributed by atoms with van der Waals surface area (Å²) in [6.07, 6.45) is 0. The van der Waals surface area contributed by atoms with Crippen molar-refractivity contribution in [3.63, 3.8) is 0 Å². The molecular weight excluding hydrogens is 1040 g/mol. The van der Waals surface area contributed by atoms with Gasteiger partial charge < -0.3 is 9.13 Å². The number of benzene rings is 11. The van der Waals surface area contributed by atoms with Crippen LogP contribution in [0.3, 0.4) is 0 Å². The zero-order valence-corrected chi connectivity index (χ0v) is 43.3. The minimum atomic E-state index is -6.74. The fourth-order valence-corrected chi connectivity index (χ4v) is 20.9. The van der Waals surface area contributed by atoms with Crippen LogP contribution in [-0.4, -0.2) is 44.8 Å². The molecule has 388 valence electrons. The van der Waals surface area contributed by atoms with Crippen molar-refractivity contribution in [2.75, 3.05) is 0 Å². The second kappa shape index (κ2) is 17.6. The number of hydrogen-bond donors (Lipinski definition) is 0. The summed E-state index contributed by atoms with van der Waals surface area (Å²) in [5.74, 6) is -4.21. The Labute approximate surface area is 548 Å². The van der Waals surface area contributed by atoms with Crippen molar-refractivity contribution in [1.29, 1.82) is 0 Å². The first-order valence-electron chi connectivity index (χ1n) is 48.8. The van der Waals surface area contributed by atoms with E-state index in [4.69, 9.17) is 23.2 Å². The topological polar surface area (TPSA) is 53.5 Å². The number of nitrogens with zero attached hydrogens (tertiary/aromatic N) is 6.